The average Bonchev–Trinajstić information content (AvgIpc) is 2.71. The van der Waals surface area contributed by atoms with Gasteiger partial charge in [0.15, 0.2) is 0 Å². The van der Waals surface area contributed by atoms with Crippen LogP contribution in [0.1, 0.15) is 11.1 Å². The molecule has 0 saturated carbocycles. The van der Waals surface area contributed by atoms with Crippen molar-refractivity contribution in [3.05, 3.63) is 79.9 Å². The predicted octanol–water partition coefficient (Wildman–Crippen LogP) is 2.49. The van der Waals surface area contributed by atoms with E-state index in [0.717, 1.165) is 0 Å². The first-order chi connectivity index (χ1) is 13.5. The van der Waals surface area contributed by atoms with Crippen molar-refractivity contribution in [3.63, 3.8) is 0 Å². The van der Waals surface area contributed by atoms with Gasteiger partial charge in [0, 0.05) is 12.1 Å². The molecule has 0 spiro atoms. The number of nitro groups is 2. The van der Waals surface area contributed by atoms with Crippen LogP contribution in [0.25, 0.3) is 0 Å². The van der Waals surface area contributed by atoms with E-state index < -0.39 is 9.85 Å². The number of nitro benzene ring substituents is 2. The minimum atomic E-state index is -0.434. The molecule has 0 amide bonds. The zero-order valence-electron chi connectivity index (χ0n) is 14.9. The van der Waals surface area contributed by atoms with Crippen molar-refractivity contribution >= 4 is 23.8 Å². The molecule has 1 fully saturated rings. The summed E-state index contributed by atoms with van der Waals surface area (Å²) in [6, 6.07) is 12.9. The lowest BCUT2D eigenvalue weighted by atomic mass is 10.2. The Hall–Kier alpha value is -3.82. The van der Waals surface area contributed by atoms with E-state index in [9.17, 15) is 20.2 Å². The third-order valence-electron chi connectivity index (χ3n) is 4.22. The Kier molecular flexibility index (Phi) is 5.90. The van der Waals surface area contributed by atoms with E-state index in [4.69, 9.17) is 0 Å². The van der Waals surface area contributed by atoms with Crippen LogP contribution in [0.2, 0.25) is 0 Å². The molecule has 1 heterocycles. The highest BCUT2D eigenvalue weighted by molar-refractivity contribution is 5.85. The minimum absolute atomic E-state index is 0.0129. The van der Waals surface area contributed by atoms with Crippen LogP contribution in [0.15, 0.2) is 58.7 Å². The van der Waals surface area contributed by atoms with Crippen molar-refractivity contribution in [1.29, 1.82) is 0 Å². The molecular weight excluding hydrogens is 364 g/mol. The average molecular weight is 382 g/mol. The largest absolute Gasteiger partial charge is 0.293 e. The molecule has 2 aromatic rings. The summed E-state index contributed by atoms with van der Waals surface area (Å²) >= 11 is 0. The number of hydrogen-bond acceptors (Lipinski definition) is 8. The van der Waals surface area contributed by atoms with Crippen molar-refractivity contribution in [2.75, 3.05) is 26.2 Å². The second-order valence-electron chi connectivity index (χ2n) is 6.03. The second kappa shape index (κ2) is 8.71. The Morgan fingerprint density at radius 2 is 1.07 bits per heavy atom. The van der Waals surface area contributed by atoms with E-state index in [1.807, 2.05) is 10.0 Å². The van der Waals surface area contributed by atoms with Gasteiger partial charge in [-0.15, -0.1) is 0 Å². The highest BCUT2D eigenvalue weighted by atomic mass is 16.6. The van der Waals surface area contributed by atoms with Gasteiger partial charge < -0.3 is 0 Å². The molecule has 2 aromatic carbocycles. The normalized spacial score (nSPS) is 14.7. The fourth-order valence-corrected chi connectivity index (χ4v) is 2.73. The minimum Gasteiger partial charge on any atom is -0.293 e. The first-order valence-corrected chi connectivity index (χ1v) is 8.59. The Morgan fingerprint density at radius 1 is 0.714 bits per heavy atom. The summed E-state index contributed by atoms with van der Waals surface area (Å²) in [4.78, 5) is 21.2. The van der Waals surface area contributed by atoms with Gasteiger partial charge in [-0.2, -0.15) is 10.2 Å². The summed E-state index contributed by atoms with van der Waals surface area (Å²) in [5, 5.41) is 34.3. The summed E-state index contributed by atoms with van der Waals surface area (Å²) in [5.41, 5.74) is 0.923. The van der Waals surface area contributed by atoms with Crippen molar-refractivity contribution in [2.45, 2.75) is 0 Å². The summed E-state index contributed by atoms with van der Waals surface area (Å²) in [6.45, 7) is 2.35. The fraction of sp³-hybridized carbons (Fsp3) is 0.222. The van der Waals surface area contributed by atoms with Crippen LogP contribution in [0.3, 0.4) is 0 Å². The first-order valence-electron chi connectivity index (χ1n) is 8.59. The maximum Gasteiger partial charge on any atom is 0.278 e. The van der Waals surface area contributed by atoms with Crippen molar-refractivity contribution in [2.24, 2.45) is 10.2 Å². The number of para-hydroxylation sites is 2. The van der Waals surface area contributed by atoms with Crippen LogP contribution in [0.5, 0.6) is 0 Å². The highest BCUT2D eigenvalue weighted by Gasteiger charge is 2.16. The topological polar surface area (TPSA) is 117 Å². The van der Waals surface area contributed by atoms with Gasteiger partial charge in [0.2, 0.25) is 0 Å². The molecule has 10 nitrogen and oxygen atoms in total. The summed E-state index contributed by atoms with van der Waals surface area (Å²) in [5.74, 6) is 0. The number of benzene rings is 2. The maximum atomic E-state index is 11.0. The lowest BCUT2D eigenvalue weighted by Gasteiger charge is -2.31. The van der Waals surface area contributed by atoms with E-state index in [-0.39, 0.29) is 11.4 Å². The van der Waals surface area contributed by atoms with Crippen molar-refractivity contribution in [1.82, 2.24) is 10.0 Å². The molecule has 0 N–H and O–H groups in total. The zero-order valence-corrected chi connectivity index (χ0v) is 14.9. The van der Waals surface area contributed by atoms with Crippen LogP contribution >= 0.6 is 0 Å². The second-order valence-corrected chi connectivity index (χ2v) is 6.03. The fourth-order valence-electron chi connectivity index (χ4n) is 2.73. The summed E-state index contributed by atoms with van der Waals surface area (Å²) in [6.07, 6.45) is 2.98. The summed E-state index contributed by atoms with van der Waals surface area (Å²) in [7, 11) is 0. The smallest absolute Gasteiger partial charge is 0.278 e. The van der Waals surface area contributed by atoms with Gasteiger partial charge in [-0.3, -0.25) is 30.2 Å². The van der Waals surface area contributed by atoms with Gasteiger partial charge in [-0.05, 0) is 12.1 Å². The lowest BCUT2D eigenvalue weighted by molar-refractivity contribution is -0.385. The van der Waals surface area contributed by atoms with Crippen LogP contribution in [-0.4, -0.2) is 58.5 Å². The molecule has 1 saturated heterocycles. The van der Waals surface area contributed by atoms with E-state index in [1.54, 1.807) is 36.4 Å². The molecule has 0 aliphatic carbocycles. The molecule has 28 heavy (non-hydrogen) atoms. The van der Waals surface area contributed by atoms with Crippen LogP contribution < -0.4 is 0 Å². The molecule has 0 unspecified atom stereocenters. The van der Waals surface area contributed by atoms with E-state index in [2.05, 4.69) is 10.2 Å². The Balaban J connectivity index is 1.58. The van der Waals surface area contributed by atoms with Gasteiger partial charge in [0.05, 0.1) is 59.6 Å². The number of nitrogens with zero attached hydrogens (tertiary/aromatic N) is 6. The zero-order chi connectivity index (χ0) is 19.9. The Morgan fingerprint density at radius 3 is 1.43 bits per heavy atom. The predicted molar refractivity (Wildman–Crippen MR) is 105 cm³/mol. The van der Waals surface area contributed by atoms with E-state index in [1.165, 1.54) is 24.6 Å². The lowest BCUT2D eigenvalue weighted by Crippen LogP contribution is -2.41. The van der Waals surface area contributed by atoms with Gasteiger partial charge >= 0.3 is 0 Å². The molecular formula is C18H18N6O4. The van der Waals surface area contributed by atoms with Gasteiger partial charge in [-0.1, -0.05) is 24.3 Å². The van der Waals surface area contributed by atoms with E-state index in [0.29, 0.717) is 37.3 Å². The monoisotopic (exact) mass is 382 g/mol. The van der Waals surface area contributed by atoms with E-state index >= 15 is 0 Å². The van der Waals surface area contributed by atoms with Crippen molar-refractivity contribution < 1.29 is 9.85 Å². The molecule has 0 radical (unpaired) electrons. The number of hydrazone groups is 2. The maximum absolute atomic E-state index is 11.0. The molecule has 1 aliphatic rings. The van der Waals surface area contributed by atoms with Gasteiger partial charge in [-0.25, -0.2) is 0 Å². The highest BCUT2D eigenvalue weighted by Crippen LogP contribution is 2.17. The Labute approximate surface area is 160 Å². The van der Waals surface area contributed by atoms with Crippen LogP contribution in [-0.2, 0) is 0 Å². The molecule has 0 atom stereocenters. The molecule has 0 bridgehead atoms. The number of piperazine rings is 1. The SMILES string of the molecule is O=[N+]([O-])c1ccccc1/C=N\N1CCN(/N=C\c2ccccc2[N+](=O)[O-])CC1. The van der Waals surface area contributed by atoms with Gasteiger partial charge in [0.1, 0.15) is 0 Å². The standard InChI is InChI=1S/C18H18N6O4/c25-23(26)17-7-3-1-5-15(17)13-19-21-9-11-22(12-10-21)20-14-16-6-2-4-8-18(16)24(27)28/h1-8,13-14H,9-12H2/b19-13-,20-14-. The molecule has 10 heteroatoms. The Bertz CT molecular complexity index is 846. The molecule has 144 valence electrons. The van der Waals surface area contributed by atoms with Crippen LogP contribution in [0.4, 0.5) is 11.4 Å². The van der Waals surface area contributed by atoms with Gasteiger partial charge in [0.25, 0.3) is 11.4 Å². The molecule has 3 rings (SSSR count). The quantitative estimate of drug-likeness (QED) is 0.430. The van der Waals surface area contributed by atoms with Crippen molar-refractivity contribution in [3.8, 4) is 0 Å². The van der Waals surface area contributed by atoms with Crippen LogP contribution in [0, 0.1) is 20.2 Å². The summed E-state index contributed by atoms with van der Waals surface area (Å²) < 4.78 is 0. The first kappa shape index (κ1) is 19.0. The molecule has 0 aromatic heterocycles. The third kappa shape index (κ3) is 4.67. The third-order valence-corrected chi connectivity index (χ3v) is 4.22. The molecule has 1 aliphatic heterocycles. The number of rotatable bonds is 6. The number of hydrogen-bond donors (Lipinski definition) is 0.